The van der Waals surface area contributed by atoms with Gasteiger partial charge in [0, 0.05) is 23.5 Å². The minimum atomic E-state index is -0.955. The zero-order chi connectivity index (χ0) is 15.1. The molecule has 1 aromatic carbocycles. The molecule has 2 aromatic heterocycles. The van der Waals surface area contributed by atoms with Gasteiger partial charge in [0.05, 0.1) is 12.2 Å². The third-order valence-corrected chi connectivity index (χ3v) is 4.09. The molecule has 2 heterocycles. The highest BCUT2D eigenvalue weighted by atomic mass is 35.5. The molecule has 0 aliphatic carbocycles. The number of rotatable bonds is 3. The van der Waals surface area contributed by atoms with Gasteiger partial charge in [-0.25, -0.2) is 4.79 Å². The number of carboxylic acids is 1. The SMILES string of the molecule is Cc1nn(C)c(Cl)c1Cn1c(C(=O)O)cc2ccccc21. The summed E-state index contributed by atoms with van der Waals surface area (Å²) in [5.41, 5.74) is 2.75. The maximum atomic E-state index is 11.5. The highest BCUT2D eigenvalue weighted by Crippen LogP contribution is 2.25. The van der Waals surface area contributed by atoms with Crippen LogP contribution in [0.5, 0.6) is 0 Å². The molecule has 0 amide bonds. The molecule has 1 N–H and O–H groups in total. The molecule has 3 aromatic rings. The molecule has 3 rings (SSSR count). The highest BCUT2D eigenvalue weighted by molar-refractivity contribution is 6.30. The van der Waals surface area contributed by atoms with Gasteiger partial charge in [-0.05, 0) is 19.1 Å². The van der Waals surface area contributed by atoms with Gasteiger partial charge in [0.2, 0.25) is 0 Å². The lowest BCUT2D eigenvalue weighted by atomic mass is 10.2. The molecule has 0 unspecified atom stereocenters. The predicted molar refractivity (Wildman–Crippen MR) is 81.0 cm³/mol. The molecule has 21 heavy (non-hydrogen) atoms. The normalized spacial score (nSPS) is 11.2. The van der Waals surface area contributed by atoms with Crippen molar-refractivity contribution in [1.82, 2.24) is 14.3 Å². The fraction of sp³-hybridized carbons (Fsp3) is 0.200. The summed E-state index contributed by atoms with van der Waals surface area (Å²) in [7, 11) is 1.77. The Bertz CT molecular complexity index is 848. The zero-order valence-electron chi connectivity index (χ0n) is 11.7. The Morgan fingerprint density at radius 2 is 2.10 bits per heavy atom. The van der Waals surface area contributed by atoms with Crippen molar-refractivity contribution in [3.8, 4) is 0 Å². The Hall–Kier alpha value is -2.27. The van der Waals surface area contributed by atoms with E-state index in [4.69, 9.17) is 11.6 Å². The van der Waals surface area contributed by atoms with Crippen LogP contribution in [0.3, 0.4) is 0 Å². The van der Waals surface area contributed by atoms with Crippen molar-refractivity contribution in [2.24, 2.45) is 7.05 Å². The number of para-hydroxylation sites is 1. The van der Waals surface area contributed by atoms with E-state index < -0.39 is 5.97 Å². The average molecular weight is 304 g/mol. The molecule has 5 nitrogen and oxygen atoms in total. The van der Waals surface area contributed by atoms with Crippen LogP contribution in [-0.4, -0.2) is 25.4 Å². The van der Waals surface area contributed by atoms with E-state index >= 15 is 0 Å². The van der Waals surface area contributed by atoms with Gasteiger partial charge in [0.15, 0.2) is 0 Å². The molecular formula is C15H14ClN3O2. The number of halogens is 1. The van der Waals surface area contributed by atoms with E-state index in [-0.39, 0.29) is 5.69 Å². The Labute approximate surface area is 126 Å². The minimum absolute atomic E-state index is 0.246. The number of aromatic nitrogens is 3. The highest BCUT2D eigenvalue weighted by Gasteiger charge is 2.18. The standard InChI is InChI=1S/C15H14ClN3O2/c1-9-11(14(16)18(2)17-9)8-19-12-6-4-3-5-10(12)7-13(19)15(20)21/h3-7H,8H2,1-2H3,(H,20,21). The van der Waals surface area contributed by atoms with Crippen LogP contribution in [0.4, 0.5) is 0 Å². The number of carboxylic acid groups (broad SMARTS) is 1. The lowest BCUT2D eigenvalue weighted by Crippen LogP contribution is -2.10. The predicted octanol–water partition coefficient (Wildman–Crippen LogP) is 3.08. The maximum absolute atomic E-state index is 11.5. The molecule has 0 fully saturated rings. The molecule has 0 saturated heterocycles. The maximum Gasteiger partial charge on any atom is 0.352 e. The van der Waals surface area contributed by atoms with Crippen LogP contribution >= 0.6 is 11.6 Å². The first kappa shape index (κ1) is 13.7. The summed E-state index contributed by atoms with van der Waals surface area (Å²) in [6, 6.07) is 9.26. The van der Waals surface area contributed by atoms with E-state index in [1.54, 1.807) is 22.4 Å². The quantitative estimate of drug-likeness (QED) is 0.809. The number of carbonyl (C=O) groups is 1. The molecule has 0 radical (unpaired) electrons. The second-order valence-electron chi connectivity index (χ2n) is 4.96. The molecule has 0 aliphatic rings. The van der Waals surface area contributed by atoms with Crippen molar-refractivity contribution in [3.05, 3.63) is 52.4 Å². The largest absolute Gasteiger partial charge is 0.477 e. The fourth-order valence-corrected chi connectivity index (χ4v) is 2.80. The summed E-state index contributed by atoms with van der Waals surface area (Å²) < 4.78 is 3.35. The molecule has 0 atom stereocenters. The number of benzene rings is 1. The van der Waals surface area contributed by atoms with Gasteiger partial charge in [0.1, 0.15) is 10.8 Å². The lowest BCUT2D eigenvalue weighted by molar-refractivity contribution is 0.0686. The Kier molecular flexibility index (Phi) is 3.22. The van der Waals surface area contributed by atoms with E-state index in [9.17, 15) is 9.90 Å². The smallest absolute Gasteiger partial charge is 0.352 e. The van der Waals surface area contributed by atoms with Gasteiger partial charge >= 0.3 is 5.97 Å². The third kappa shape index (κ3) is 2.19. The first-order chi connectivity index (χ1) is 9.99. The molecule has 0 saturated carbocycles. The number of aromatic carboxylic acids is 1. The van der Waals surface area contributed by atoms with E-state index in [1.807, 2.05) is 31.2 Å². The van der Waals surface area contributed by atoms with Crippen LogP contribution in [-0.2, 0) is 13.6 Å². The molecule has 108 valence electrons. The number of hydrogen-bond acceptors (Lipinski definition) is 2. The topological polar surface area (TPSA) is 60.0 Å². The monoisotopic (exact) mass is 303 g/mol. The Morgan fingerprint density at radius 3 is 2.71 bits per heavy atom. The van der Waals surface area contributed by atoms with Crippen LogP contribution in [0, 0.1) is 6.92 Å². The van der Waals surface area contributed by atoms with Crippen molar-refractivity contribution in [3.63, 3.8) is 0 Å². The second-order valence-corrected chi connectivity index (χ2v) is 5.32. The van der Waals surface area contributed by atoms with Gasteiger partial charge in [-0.2, -0.15) is 5.10 Å². The average Bonchev–Trinajstić information content (AvgIpc) is 2.93. The summed E-state index contributed by atoms with van der Waals surface area (Å²) >= 11 is 6.25. The molecule has 6 heteroatoms. The van der Waals surface area contributed by atoms with E-state index in [2.05, 4.69) is 5.10 Å². The summed E-state index contributed by atoms with van der Waals surface area (Å²) in [6.07, 6.45) is 0. The lowest BCUT2D eigenvalue weighted by Gasteiger charge is -2.08. The van der Waals surface area contributed by atoms with Crippen molar-refractivity contribution in [1.29, 1.82) is 0 Å². The van der Waals surface area contributed by atoms with Gasteiger partial charge in [0.25, 0.3) is 0 Å². The summed E-state index contributed by atoms with van der Waals surface area (Å²) in [5.74, 6) is -0.955. The zero-order valence-corrected chi connectivity index (χ0v) is 12.4. The summed E-state index contributed by atoms with van der Waals surface area (Å²) in [6.45, 7) is 2.25. The van der Waals surface area contributed by atoms with Crippen LogP contribution in [0.25, 0.3) is 10.9 Å². The minimum Gasteiger partial charge on any atom is -0.477 e. The van der Waals surface area contributed by atoms with Crippen molar-refractivity contribution >= 4 is 28.5 Å². The first-order valence-electron chi connectivity index (χ1n) is 6.48. The summed E-state index contributed by atoms with van der Waals surface area (Å²) in [5, 5.41) is 15.1. The van der Waals surface area contributed by atoms with Crippen LogP contribution < -0.4 is 0 Å². The first-order valence-corrected chi connectivity index (χ1v) is 6.86. The molecule has 0 bridgehead atoms. The number of hydrogen-bond donors (Lipinski definition) is 1. The van der Waals surface area contributed by atoms with Crippen LogP contribution in [0.2, 0.25) is 5.15 Å². The molecular weight excluding hydrogens is 290 g/mol. The van der Waals surface area contributed by atoms with E-state index in [1.165, 1.54) is 0 Å². The fourth-order valence-electron chi connectivity index (χ4n) is 2.57. The van der Waals surface area contributed by atoms with E-state index in [0.717, 1.165) is 22.2 Å². The number of nitrogens with zero attached hydrogens (tertiary/aromatic N) is 3. The van der Waals surface area contributed by atoms with Crippen molar-refractivity contribution < 1.29 is 9.90 Å². The third-order valence-electron chi connectivity index (χ3n) is 3.62. The summed E-state index contributed by atoms with van der Waals surface area (Å²) in [4.78, 5) is 11.5. The Balaban J connectivity index is 2.19. The Morgan fingerprint density at radius 1 is 1.38 bits per heavy atom. The van der Waals surface area contributed by atoms with E-state index in [0.29, 0.717) is 11.7 Å². The van der Waals surface area contributed by atoms with Crippen molar-refractivity contribution in [2.75, 3.05) is 0 Å². The molecule has 0 aliphatic heterocycles. The van der Waals surface area contributed by atoms with Gasteiger partial charge < -0.3 is 9.67 Å². The van der Waals surface area contributed by atoms with Gasteiger partial charge in [-0.15, -0.1) is 0 Å². The molecule has 0 spiro atoms. The second kappa shape index (κ2) is 4.93. The van der Waals surface area contributed by atoms with Crippen LogP contribution in [0.15, 0.2) is 30.3 Å². The van der Waals surface area contributed by atoms with Crippen LogP contribution in [0.1, 0.15) is 21.7 Å². The number of fused-ring (bicyclic) bond motifs is 1. The van der Waals surface area contributed by atoms with Gasteiger partial charge in [-0.1, -0.05) is 29.8 Å². The number of aryl methyl sites for hydroxylation is 2. The van der Waals surface area contributed by atoms with Gasteiger partial charge in [-0.3, -0.25) is 4.68 Å². The van der Waals surface area contributed by atoms with Crippen molar-refractivity contribution in [2.45, 2.75) is 13.5 Å².